The van der Waals surface area contributed by atoms with Gasteiger partial charge >= 0.3 is 23.1 Å². The third-order valence-corrected chi connectivity index (χ3v) is 2.48. The number of hydrogen-bond acceptors (Lipinski definition) is 2. The monoisotopic (exact) mass is 223 g/mol. The Bertz CT molecular complexity index is 138. The maximum absolute atomic E-state index is 10.1. The van der Waals surface area contributed by atoms with Crippen LogP contribution in [0.3, 0.4) is 0 Å². The van der Waals surface area contributed by atoms with Crippen molar-refractivity contribution in [2.24, 2.45) is 0 Å². The van der Waals surface area contributed by atoms with Crippen LogP contribution < -0.4 is 5.11 Å². The third-order valence-electron chi connectivity index (χ3n) is 2.48. The molecule has 0 bridgehead atoms. The second-order valence-electron chi connectivity index (χ2n) is 3.95. The Morgan fingerprint density at radius 2 is 1.27 bits per heavy atom. The van der Waals surface area contributed by atoms with E-state index >= 15 is 0 Å². The van der Waals surface area contributed by atoms with Crippen LogP contribution in [0.1, 0.15) is 71.1 Å². The van der Waals surface area contributed by atoms with E-state index in [1.807, 2.05) is 0 Å². The quantitative estimate of drug-likeness (QED) is 0.421. The molecule has 2 nitrogen and oxygen atoms in total. The third kappa shape index (κ3) is 16.9. The number of unbranched alkanes of at least 4 members (excludes halogenated alkanes) is 8. The number of carboxylic acids is 1. The molecule has 0 spiro atoms. The summed E-state index contributed by atoms with van der Waals surface area (Å²) in [6, 6.07) is 0. The van der Waals surface area contributed by atoms with Crippen molar-refractivity contribution < 1.29 is 9.90 Å². The molecular weight excluding hydrogens is 200 g/mol. The Hall–Kier alpha value is 0.236. The van der Waals surface area contributed by atoms with Gasteiger partial charge in [0.1, 0.15) is 0 Å². The molecule has 0 aliphatic carbocycles. The number of carbonyl (C=O) groups excluding carboxylic acids is 1. The summed E-state index contributed by atoms with van der Waals surface area (Å²) in [6.07, 6.45) is 11.2. The van der Waals surface area contributed by atoms with Gasteiger partial charge in [-0.1, -0.05) is 58.3 Å². The molecule has 85 valence electrons. The van der Waals surface area contributed by atoms with Crippen LogP contribution in [0.25, 0.3) is 0 Å². The molecule has 0 fully saturated rings. The molecule has 0 aliphatic heterocycles. The molecule has 0 rings (SSSR count). The zero-order valence-corrected chi connectivity index (χ0v) is 11.5. The Morgan fingerprint density at radius 3 is 1.67 bits per heavy atom. The summed E-state index contributed by atoms with van der Waals surface area (Å²) < 4.78 is 0. The number of rotatable bonds is 10. The molecule has 0 saturated heterocycles. The van der Waals surface area contributed by atoms with E-state index in [4.69, 9.17) is 0 Å². The van der Waals surface area contributed by atoms with E-state index in [2.05, 4.69) is 6.92 Å². The fourth-order valence-electron chi connectivity index (χ4n) is 1.58. The first-order valence-electron chi connectivity index (χ1n) is 5.97. The largest absolute Gasteiger partial charge is 1.00 e. The molecule has 0 aliphatic rings. The van der Waals surface area contributed by atoms with Gasteiger partial charge in [0.05, 0.1) is 0 Å². The zero-order chi connectivity index (χ0) is 10.6. The van der Waals surface area contributed by atoms with Crippen molar-refractivity contribution >= 4 is 29.0 Å². The van der Waals surface area contributed by atoms with Crippen LogP contribution in [0.5, 0.6) is 0 Å². The van der Waals surface area contributed by atoms with E-state index in [1.54, 1.807) is 0 Å². The van der Waals surface area contributed by atoms with Crippen molar-refractivity contribution in [3.05, 3.63) is 0 Å². The maximum atomic E-state index is 10.1. The first-order valence-corrected chi connectivity index (χ1v) is 5.97. The van der Waals surface area contributed by atoms with E-state index in [1.165, 1.54) is 44.9 Å². The van der Waals surface area contributed by atoms with Gasteiger partial charge in [0.25, 0.3) is 0 Å². The molecule has 0 unspecified atom stereocenters. The van der Waals surface area contributed by atoms with Crippen molar-refractivity contribution in [2.75, 3.05) is 0 Å². The Balaban J connectivity index is 0. The number of aliphatic carboxylic acids is 1. The fourth-order valence-corrected chi connectivity index (χ4v) is 1.58. The minimum atomic E-state index is -0.909. The molecule has 15 heavy (non-hydrogen) atoms. The molecule has 0 amide bonds. The summed E-state index contributed by atoms with van der Waals surface area (Å²) in [5, 5.41) is 10.1. The number of hydrogen-bond donors (Lipinski definition) is 0. The summed E-state index contributed by atoms with van der Waals surface area (Å²) in [5.74, 6) is -0.909. The predicted molar refractivity (Wildman–Crippen MR) is 62.6 cm³/mol. The van der Waals surface area contributed by atoms with Crippen LogP contribution in [0.4, 0.5) is 0 Å². The smallest absolute Gasteiger partial charge is 0.550 e. The van der Waals surface area contributed by atoms with Gasteiger partial charge in [-0.25, -0.2) is 0 Å². The van der Waals surface area contributed by atoms with E-state index in [0.29, 0.717) is 0 Å². The molecule has 0 N–H and O–H groups in total. The molecule has 0 saturated carbocycles. The summed E-state index contributed by atoms with van der Waals surface area (Å²) in [7, 11) is 0. The second-order valence-corrected chi connectivity index (χ2v) is 3.95. The van der Waals surface area contributed by atoms with Gasteiger partial charge in [-0.3, -0.25) is 0 Å². The fraction of sp³-hybridized carbons (Fsp3) is 0.917. The molecule has 0 aromatic carbocycles. The average Bonchev–Trinajstić information content (AvgIpc) is 2.15. The molecule has 0 aromatic rings. The number of carboxylic acid groups (broad SMARTS) is 1. The minimum Gasteiger partial charge on any atom is -0.550 e. The summed E-state index contributed by atoms with van der Waals surface area (Å²) in [4.78, 5) is 10.1. The van der Waals surface area contributed by atoms with Gasteiger partial charge < -0.3 is 9.90 Å². The topological polar surface area (TPSA) is 40.1 Å². The summed E-state index contributed by atoms with van der Waals surface area (Å²) in [6.45, 7) is 2.22. The van der Waals surface area contributed by atoms with Crippen molar-refractivity contribution in [3.8, 4) is 0 Å². The van der Waals surface area contributed by atoms with Gasteiger partial charge in [-0.15, -0.1) is 0 Å². The van der Waals surface area contributed by atoms with Crippen molar-refractivity contribution in [1.82, 2.24) is 0 Å². The standard InChI is InChI=1S/C12H24O2.Mg/c1-2-3-4-5-6-7-8-9-10-11-12(13)14;/h2-11H2,1H3,(H,13,14);/q;+1/p-1. The minimum absolute atomic E-state index is 0. The van der Waals surface area contributed by atoms with E-state index in [9.17, 15) is 9.90 Å². The summed E-state index contributed by atoms with van der Waals surface area (Å²) in [5.41, 5.74) is 0. The van der Waals surface area contributed by atoms with Gasteiger partial charge in [0.15, 0.2) is 0 Å². The average molecular weight is 224 g/mol. The number of carbonyl (C=O) groups is 1. The van der Waals surface area contributed by atoms with Crippen LogP contribution in [-0.4, -0.2) is 29.0 Å². The SMILES string of the molecule is CCCCCCCCCCCC(=O)[O-].[Mg+]. The Kier molecular flexibility index (Phi) is 16.7. The van der Waals surface area contributed by atoms with E-state index < -0.39 is 5.97 Å². The first kappa shape index (κ1) is 17.6. The normalized spacial score (nSPS) is 9.67. The van der Waals surface area contributed by atoms with E-state index in [-0.39, 0.29) is 29.5 Å². The maximum Gasteiger partial charge on any atom is 1.00 e. The van der Waals surface area contributed by atoms with E-state index in [0.717, 1.165) is 12.8 Å². The molecule has 0 atom stereocenters. The van der Waals surface area contributed by atoms with Crippen molar-refractivity contribution in [1.29, 1.82) is 0 Å². The molecule has 0 aromatic heterocycles. The van der Waals surface area contributed by atoms with Gasteiger partial charge in [-0.2, -0.15) is 0 Å². The van der Waals surface area contributed by atoms with Crippen molar-refractivity contribution in [3.63, 3.8) is 0 Å². The van der Waals surface area contributed by atoms with Crippen molar-refractivity contribution in [2.45, 2.75) is 71.1 Å². The van der Waals surface area contributed by atoms with Gasteiger partial charge in [-0.05, 0) is 12.8 Å². The van der Waals surface area contributed by atoms with Crippen LogP contribution in [0.15, 0.2) is 0 Å². The zero-order valence-electron chi connectivity index (χ0n) is 10.1. The molecule has 0 heterocycles. The summed E-state index contributed by atoms with van der Waals surface area (Å²) >= 11 is 0. The Labute approximate surface area is 110 Å². The van der Waals surface area contributed by atoms with Gasteiger partial charge in [0, 0.05) is 5.97 Å². The molecular formula is C12H23MgO2. The first-order chi connectivity index (χ1) is 6.77. The van der Waals surface area contributed by atoms with Crippen LogP contribution in [0.2, 0.25) is 0 Å². The second kappa shape index (κ2) is 14.2. The Morgan fingerprint density at radius 1 is 0.867 bits per heavy atom. The van der Waals surface area contributed by atoms with Crippen LogP contribution >= 0.6 is 0 Å². The molecule has 1 radical (unpaired) electrons. The molecule has 3 heteroatoms. The van der Waals surface area contributed by atoms with Crippen LogP contribution in [0, 0.1) is 0 Å². The van der Waals surface area contributed by atoms with Crippen LogP contribution in [-0.2, 0) is 4.79 Å². The van der Waals surface area contributed by atoms with Gasteiger partial charge in [0.2, 0.25) is 0 Å². The predicted octanol–water partition coefficient (Wildman–Crippen LogP) is 2.28.